The van der Waals surface area contributed by atoms with Crippen molar-refractivity contribution in [1.29, 1.82) is 0 Å². The Bertz CT molecular complexity index is 1250. The van der Waals surface area contributed by atoms with Crippen LogP contribution in [0, 0.1) is 17.0 Å². The predicted molar refractivity (Wildman–Crippen MR) is 119 cm³/mol. The number of sulfonamides is 2. The summed E-state index contributed by atoms with van der Waals surface area (Å²) in [6.45, 7) is 1.81. The molecule has 0 aliphatic carbocycles. The molecule has 2 aromatic rings. The number of aryl methyl sites for hydroxylation is 1. The number of carbonyl (C=O) groups excluding carboxylic acids is 1. The lowest BCUT2D eigenvalue weighted by Crippen LogP contribution is -2.47. The van der Waals surface area contributed by atoms with Crippen LogP contribution in [0.4, 0.5) is 5.69 Å². The van der Waals surface area contributed by atoms with Gasteiger partial charge in [0.2, 0.25) is 26.0 Å². The van der Waals surface area contributed by atoms with Crippen molar-refractivity contribution >= 4 is 31.6 Å². The van der Waals surface area contributed by atoms with Crippen molar-refractivity contribution in [2.45, 2.75) is 35.6 Å². The zero-order chi connectivity index (χ0) is 24.2. The number of nitro groups is 1. The normalized spacial score (nSPS) is 17.1. The molecule has 13 heteroatoms. The Labute approximate surface area is 192 Å². The number of carbonyl (C=O) groups is 1. The van der Waals surface area contributed by atoms with E-state index in [9.17, 15) is 31.7 Å². The molecular formula is C20H24N4O7S2. The molecule has 3 rings (SSSR count). The number of non-ortho nitro benzene ring substituents is 1. The second-order valence-corrected chi connectivity index (χ2v) is 11.2. The lowest BCUT2D eigenvalue weighted by molar-refractivity contribution is -0.385. The summed E-state index contributed by atoms with van der Waals surface area (Å²) in [6.07, 6.45) is 0.888. The third kappa shape index (κ3) is 5.74. The van der Waals surface area contributed by atoms with E-state index in [-0.39, 0.29) is 35.1 Å². The summed E-state index contributed by atoms with van der Waals surface area (Å²) in [5.41, 5.74) is 0.555. The number of nitrogens with zero attached hydrogens (tertiary/aromatic N) is 2. The van der Waals surface area contributed by atoms with Crippen molar-refractivity contribution in [3.8, 4) is 0 Å². The van der Waals surface area contributed by atoms with Gasteiger partial charge in [-0.2, -0.15) is 4.31 Å². The number of benzene rings is 2. The predicted octanol–water partition coefficient (Wildman–Crippen LogP) is 1.15. The van der Waals surface area contributed by atoms with Gasteiger partial charge in [0, 0.05) is 31.8 Å². The van der Waals surface area contributed by atoms with E-state index in [0.29, 0.717) is 12.8 Å². The molecule has 1 atom stereocenters. The van der Waals surface area contributed by atoms with Gasteiger partial charge in [0.15, 0.2) is 0 Å². The van der Waals surface area contributed by atoms with Gasteiger partial charge in [0.25, 0.3) is 5.69 Å². The molecule has 1 aliphatic heterocycles. The highest BCUT2D eigenvalue weighted by atomic mass is 32.2. The zero-order valence-electron chi connectivity index (χ0n) is 17.8. The smallest absolute Gasteiger partial charge is 0.270 e. The van der Waals surface area contributed by atoms with E-state index < -0.39 is 36.9 Å². The van der Waals surface area contributed by atoms with E-state index in [4.69, 9.17) is 0 Å². The Hall–Kier alpha value is -2.87. The molecule has 1 fully saturated rings. The number of nitrogens with one attached hydrogen (secondary N) is 2. The second kappa shape index (κ2) is 9.95. The molecule has 0 aromatic heterocycles. The topological polar surface area (TPSA) is 156 Å². The molecule has 2 aromatic carbocycles. The molecule has 1 saturated heterocycles. The van der Waals surface area contributed by atoms with Crippen LogP contribution in [0.5, 0.6) is 0 Å². The van der Waals surface area contributed by atoms with Crippen molar-refractivity contribution in [2.24, 2.45) is 0 Å². The number of rotatable bonds is 9. The average Bonchev–Trinajstić information content (AvgIpc) is 3.28. The van der Waals surface area contributed by atoms with E-state index >= 15 is 0 Å². The van der Waals surface area contributed by atoms with Gasteiger partial charge in [-0.3, -0.25) is 14.9 Å². The van der Waals surface area contributed by atoms with Crippen molar-refractivity contribution in [3.05, 3.63) is 64.2 Å². The average molecular weight is 497 g/mol. The molecule has 0 spiro atoms. The summed E-state index contributed by atoms with van der Waals surface area (Å²) < 4.78 is 54.0. The molecule has 0 unspecified atom stereocenters. The van der Waals surface area contributed by atoms with Gasteiger partial charge in [-0.25, -0.2) is 21.6 Å². The Kier molecular flexibility index (Phi) is 7.47. The van der Waals surface area contributed by atoms with Crippen molar-refractivity contribution in [2.75, 3.05) is 19.6 Å². The molecule has 1 amide bonds. The maximum absolute atomic E-state index is 13.0. The van der Waals surface area contributed by atoms with Crippen LogP contribution in [0.3, 0.4) is 0 Å². The fraction of sp³-hybridized carbons (Fsp3) is 0.350. The van der Waals surface area contributed by atoms with Gasteiger partial charge in [0.05, 0.1) is 14.7 Å². The van der Waals surface area contributed by atoms with Crippen LogP contribution < -0.4 is 10.0 Å². The summed E-state index contributed by atoms with van der Waals surface area (Å²) in [6, 6.07) is 10.1. The molecule has 11 nitrogen and oxygen atoms in total. The van der Waals surface area contributed by atoms with Crippen molar-refractivity contribution in [1.82, 2.24) is 14.3 Å². The first-order valence-electron chi connectivity index (χ1n) is 10.1. The second-order valence-electron chi connectivity index (χ2n) is 7.53. The van der Waals surface area contributed by atoms with Crippen LogP contribution in [0.15, 0.2) is 58.3 Å². The van der Waals surface area contributed by atoms with E-state index in [1.54, 1.807) is 12.1 Å². The SMILES string of the molecule is Cc1ccc(S(=O)(=O)N2CCC[C@H]2C(=O)NCCNS(=O)(=O)c2cccc([N+](=O)[O-])c2)cc1. The molecule has 0 radical (unpaired) electrons. The first-order chi connectivity index (χ1) is 15.5. The summed E-state index contributed by atoms with van der Waals surface area (Å²) in [4.78, 5) is 22.6. The van der Waals surface area contributed by atoms with E-state index in [1.807, 2.05) is 6.92 Å². The number of hydrogen-bond acceptors (Lipinski definition) is 7. The van der Waals surface area contributed by atoms with Crippen LogP contribution >= 0.6 is 0 Å². The first-order valence-corrected chi connectivity index (χ1v) is 13.0. The highest BCUT2D eigenvalue weighted by molar-refractivity contribution is 7.89. The summed E-state index contributed by atoms with van der Waals surface area (Å²) in [7, 11) is -7.86. The highest BCUT2D eigenvalue weighted by Crippen LogP contribution is 2.26. The Morgan fingerprint density at radius 2 is 1.79 bits per heavy atom. The minimum absolute atomic E-state index is 0.0814. The number of amides is 1. The highest BCUT2D eigenvalue weighted by Gasteiger charge is 2.39. The third-order valence-electron chi connectivity index (χ3n) is 5.19. The Balaban J connectivity index is 1.58. The molecular weight excluding hydrogens is 472 g/mol. The minimum atomic E-state index is -4.02. The quantitative estimate of drug-likeness (QED) is 0.300. The van der Waals surface area contributed by atoms with Crippen molar-refractivity contribution < 1.29 is 26.6 Å². The van der Waals surface area contributed by atoms with Gasteiger partial charge in [0.1, 0.15) is 6.04 Å². The van der Waals surface area contributed by atoms with Gasteiger partial charge in [-0.05, 0) is 38.0 Å². The number of nitro benzene ring substituents is 1. The Morgan fingerprint density at radius 1 is 1.09 bits per heavy atom. The summed E-state index contributed by atoms with van der Waals surface area (Å²) >= 11 is 0. The van der Waals surface area contributed by atoms with E-state index in [1.165, 1.54) is 34.6 Å². The standard InChI is InChI=1S/C20H24N4O7S2/c1-15-7-9-17(10-8-15)33(30,31)23-13-3-6-19(23)20(25)21-11-12-22-32(28,29)18-5-2-4-16(14-18)24(26)27/h2,4-5,7-10,14,19,22H,3,6,11-13H2,1H3,(H,21,25)/t19-/m0/s1. The lowest BCUT2D eigenvalue weighted by Gasteiger charge is -2.23. The Morgan fingerprint density at radius 3 is 2.45 bits per heavy atom. The van der Waals surface area contributed by atoms with E-state index in [2.05, 4.69) is 10.0 Å². The van der Waals surface area contributed by atoms with Crippen LogP contribution in [0.1, 0.15) is 18.4 Å². The number of hydrogen-bond donors (Lipinski definition) is 2. The zero-order valence-corrected chi connectivity index (χ0v) is 19.4. The molecule has 178 valence electrons. The monoisotopic (exact) mass is 496 g/mol. The fourth-order valence-electron chi connectivity index (χ4n) is 3.47. The molecule has 1 heterocycles. The van der Waals surface area contributed by atoms with E-state index in [0.717, 1.165) is 11.6 Å². The lowest BCUT2D eigenvalue weighted by atomic mass is 10.2. The molecule has 0 saturated carbocycles. The summed E-state index contributed by atoms with van der Waals surface area (Å²) in [5, 5.41) is 13.4. The van der Waals surface area contributed by atoms with Gasteiger partial charge in [-0.1, -0.05) is 23.8 Å². The fourth-order valence-corrected chi connectivity index (χ4v) is 6.20. The molecule has 2 N–H and O–H groups in total. The third-order valence-corrected chi connectivity index (χ3v) is 8.57. The maximum Gasteiger partial charge on any atom is 0.270 e. The summed E-state index contributed by atoms with van der Waals surface area (Å²) in [5.74, 6) is -0.516. The maximum atomic E-state index is 13.0. The van der Waals surface area contributed by atoms with Gasteiger partial charge < -0.3 is 5.32 Å². The van der Waals surface area contributed by atoms with Gasteiger partial charge in [-0.15, -0.1) is 0 Å². The van der Waals surface area contributed by atoms with Crippen LogP contribution in [-0.2, 0) is 24.8 Å². The van der Waals surface area contributed by atoms with Crippen LogP contribution in [0.2, 0.25) is 0 Å². The molecule has 0 bridgehead atoms. The first kappa shape index (κ1) is 24.8. The minimum Gasteiger partial charge on any atom is -0.353 e. The van der Waals surface area contributed by atoms with Crippen molar-refractivity contribution in [3.63, 3.8) is 0 Å². The molecule has 33 heavy (non-hydrogen) atoms. The largest absolute Gasteiger partial charge is 0.353 e. The van der Waals surface area contributed by atoms with Crippen LogP contribution in [0.25, 0.3) is 0 Å². The van der Waals surface area contributed by atoms with Gasteiger partial charge >= 0.3 is 0 Å². The molecule has 1 aliphatic rings. The van der Waals surface area contributed by atoms with Crippen LogP contribution in [-0.4, -0.2) is 57.6 Å².